The Labute approximate surface area is 97.8 Å². The van der Waals surface area contributed by atoms with Crippen molar-refractivity contribution in [1.29, 1.82) is 0 Å². The molecule has 1 amide bonds. The predicted molar refractivity (Wildman–Crippen MR) is 64.1 cm³/mol. The van der Waals surface area contributed by atoms with Crippen molar-refractivity contribution in [2.75, 3.05) is 19.6 Å². The highest BCUT2D eigenvalue weighted by Crippen LogP contribution is 2.26. The predicted octanol–water partition coefficient (Wildman–Crippen LogP) is 0.261. The minimum Gasteiger partial charge on any atom is -0.354 e. The van der Waals surface area contributed by atoms with E-state index >= 15 is 0 Å². The van der Waals surface area contributed by atoms with Crippen LogP contribution in [-0.4, -0.2) is 31.6 Å². The van der Waals surface area contributed by atoms with Crippen molar-refractivity contribution in [2.24, 2.45) is 11.1 Å². The first-order chi connectivity index (χ1) is 6.53. The zero-order chi connectivity index (χ0) is 10.6. The molecule has 15 heavy (non-hydrogen) atoms. The second kappa shape index (κ2) is 6.30. The van der Waals surface area contributed by atoms with Crippen molar-refractivity contribution in [3.8, 4) is 0 Å². The Bertz CT molecular complexity index is 203. The molecule has 0 aromatic carbocycles. The van der Waals surface area contributed by atoms with Crippen molar-refractivity contribution >= 4 is 18.3 Å². The van der Waals surface area contributed by atoms with E-state index < -0.39 is 6.04 Å². The summed E-state index contributed by atoms with van der Waals surface area (Å²) in [6.07, 6.45) is 2.23. The molecule has 0 bridgehead atoms. The van der Waals surface area contributed by atoms with E-state index in [1.807, 2.05) is 0 Å². The summed E-state index contributed by atoms with van der Waals surface area (Å²) < 4.78 is 0. The Morgan fingerprint density at radius 3 is 2.53 bits per heavy atom. The van der Waals surface area contributed by atoms with Crippen molar-refractivity contribution in [3.63, 3.8) is 0 Å². The van der Waals surface area contributed by atoms with Gasteiger partial charge in [0.25, 0.3) is 0 Å². The molecule has 4 nitrogen and oxygen atoms in total. The summed E-state index contributed by atoms with van der Waals surface area (Å²) in [7, 11) is 0. The molecule has 0 unspecified atom stereocenters. The third-order valence-corrected chi connectivity index (χ3v) is 2.91. The second-order valence-electron chi connectivity index (χ2n) is 4.57. The zero-order valence-electron chi connectivity index (χ0n) is 9.51. The largest absolute Gasteiger partial charge is 0.354 e. The normalized spacial score (nSPS) is 21.3. The lowest BCUT2D eigenvalue weighted by molar-refractivity contribution is -0.122. The Balaban J connectivity index is 0.00000196. The first-order valence-electron chi connectivity index (χ1n) is 5.27. The first-order valence-corrected chi connectivity index (χ1v) is 5.27. The lowest BCUT2D eigenvalue weighted by Gasteiger charge is -2.34. The van der Waals surface area contributed by atoms with E-state index in [4.69, 9.17) is 5.73 Å². The molecule has 1 atom stereocenters. The number of hydrogen-bond donors (Lipinski definition) is 3. The molecule has 1 rings (SSSR count). The van der Waals surface area contributed by atoms with Crippen LogP contribution in [0.1, 0.15) is 26.7 Å². The molecule has 1 aliphatic heterocycles. The van der Waals surface area contributed by atoms with Crippen molar-refractivity contribution < 1.29 is 4.79 Å². The summed E-state index contributed by atoms with van der Waals surface area (Å²) in [5.74, 6) is -0.0512. The molecule has 1 fully saturated rings. The molecule has 0 aromatic heterocycles. The van der Waals surface area contributed by atoms with Crippen LogP contribution >= 0.6 is 12.4 Å². The van der Waals surface area contributed by atoms with Crippen LogP contribution in [0.2, 0.25) is 0 Å². The molecule has 1 saturated heterocycles. The van der Waals surface area contributed by atoms with Crippen LogP contribution in [0, 0.1) is 5.41 Å². The van der Waals surface area contributed by atoms with Gasteiger partial charge in [0.05, 0.1) is 6.04 Å². The fourth-order valence-electron chi connectivity index (χ4n) is 1.67. The van der Waals surface area contributed by atoms with Gasteiger partial charge in [-0.05, 0) is 38.3 Å². The lowest BCUT2D eigenvalue weighted by Crippen LogP contribution is -2.46. The third kappa shape index (κ3) is 4.82. The molecule has 0 spiro atoms. The summed E-state index contributed by atoms with van der Waals surface area (Å²) in [5.41, 5.74) is 5.72. The molecule has 4 N–H and O–H groups in total. The van der Waals surface area contributed by atoms with Gasteiger partial charge in [-0.25, -0.2) is 0 Å². The van der Waals surface area contributed by atoms with Crippen molar-refractivity contribution in [3.05, 3.63) is 0 Å². The standard InChI is InChI=1S/C10H21N3O.ClH/c1-8(11)9(14)13-7-10(2)3-5-12-6-4-10;/h8,12H,3-7,11H2,1-2H3,(H,13,14);1H/t8-;/m1./s1. The molecule has 90 valence electrons. The van der Waals surface area contributed by atoms with Gasteiger partial charge in [-0.2, -0.15) is 0 Å². The number of rotatable bonds is 3. The second-order valence-corrected chi connectivity index (χ2v) is 4.57. The summed E-state index contributed by atoms with van der Waals surface area (Å²) >= 11 is 0. The Kier molecular flexibility index (Phi) is 6.17. The van der Waals surface area contributed by atoms with Gasteiger partial charge >= 0.3 is 0 Å². The van der Waals surface area contributed by atoms with Crippen LogP contribution < -0.4 is 16.4 Å². The van der Waals surface area contributed by atoms with E-state index in [0.29, 0.717) is 0 Å². The highest BCUT2D eigenvalue weighted by molar-refractivity contribution is 5.85. The van der Waals surface area contributed by atoms with Gasteiger partial charge in [0, 0.05) is 6.54 Å². The summed E-state index contributed by atoms with van der Waals surface area (Å²) in [4.78, 5) is 11.3. The van der Waals surface area contributed by atoms with Gasteiger partial charge in [-0.3, -0.25) is 4.79 Å². The number of hydrogen-bond acceptors (Lipinski definition) is 3. The number of carbonyl (C=O) groups is 1. The SMILES string of the molecule is C[C@@H](N)C(=O)NCC1(C)CCNCC1.Cl. The van der Waals surface area contributed by atoms with Gasteiger partial charge in [0.1, 0.15) is 0 Å². The molecule has 0 aliphatic carbocycles. The van der Waals surface area contributed by atoms with Gasteiger partial charge < -0.3 is 16.4 Å². The van der Waals surface area contributed by atoms with E-state index in [2.05, 4.69) is 17.6 Å². The number of carbonyl (C=O) groups excluding carboxylic acids is 1. The molecular formula is C10H22ClN3O. The fraction of sp³-hybridized carbons (Fsp3) is 0.900. The number of amides is 1. The quantitative estimate of drug-likeness (QED) is 0.658. The Morgan fingerprint density at radius 2 is 2.07 bits per heavy atom. The van der Waals surface area contributed by atoms with Crippen molar-refractivity contribution in [2.45, 2.75) is 32.7 Å². The van der Waals surface area contributed by atoms with Gasteiger partial charge in [0.15, 0.2) is 0 Å². The topological polar surface area (TPSA) is 67.2 Å². The molecule has 1 aliphatic rings. The molecule has 5 heteroatoms. The summed E-state index contributed by atoms with van der Waals surface area (Å²) in [5, 5.41) is 6.21. The lowest BCUT2D eigenvalue weighted by atomic mass is 9.81. The molecule has 0 radical (unpaired) electrons. The van der Waals surface area contributed by atoms with Crippen LogP contribution in [0.3, 0.4) is 0 Å². The maximum atomic E-state index is 11.3. The number of nitrogens with one attached hydrogen (secondary N) is 2. The average Bonchev–Trinajstić information content (AvgIpc) is 2.15. The van der Waals surface area contributed by atoms with Crippen LogP contribution in [0.25, 0.3) is 0 Å². The number of halogens is 1. The zero-order valence-corrected chi connectivity index (χ0v) is 10.3. The van der Waals surface area contributed by atoms with Crippen LogP contribution in [-0.2, 0) is 4.79 Å². The van der Waals surface area contributed by atoms with E-state index in [-0.39, 0.29) is 23.7 Å². The van der Waals surface area contributed by atoms with Crippen molar-refractivity contribution in [1.82, 2.24) is 10.6 Å². The van der Waals surface area contributed by atoms with E-state index in [1.165, 1.54) is 0 Å². The van der Waals surface area contributed by atoms with E-state index in [1.54, 1.807) is 6.92 Å². The molecular weight excluding hydrogens is 214 g/mol. The Hall–Kier alpha value is -0.320. The smallest absolute Gasteiger partial charge is 0.236 e. The maximum Gasteiger partial charge on any atom is 0.236 e. The molecule has 0 aromatic rings. The van der Waals surface area contributed by atoms with E-state index in [9.17, 15) is 4.79 Å². The highest BCUT2D eigenvalue weighted by atomic mass is 35.5. The highest BCUT2D eigenvalue weighted by Gasteiger charge is 2.27. The summed E-state index contributed by atoms with van der Waals surface area (Å²) in [6, 6.07) is -0.402. The average molecular weight is 236 g/mol. The monoisotopic (exact) mass is 235 g/mol. The minimum absolute atomic E-state index is 0. The van der Waals surface area contributed by atoms with Crippen LogP contribution in [0.4, 0.5) is 0 Å². The van der Waals surface area contributed by atoms with Crippen LogP contribution in [0.5, 0.6) is 0 Å². The number of piperidine rings is 1. The molecule has 0 saturated carbocycles. The maximum absolute atomic E-state index is 11.3. The van der Waals surface area contributed by atoms with Gasteiger partial charge in [-0.1, -0.05) is 6.92 Å². The minimum atomic E-state index is -0.402. The summed E-state index contributed by atoms with van der Waals surface area (Å²) in [6.45, 7) is 6.76. The first kappa shape index (κ1) is 14.7. The fourth-order valence-corrected chi connectivity index (χ4v) is 1.67. The third-order valence-electron chi connectivity index (χ3n) is 2.91. The Morgan fingerprint density at radius 1 is 1.53 bits per heavy atom. The van der Waals surface area contributed by atoms with Gasteiger partial charge in [0.2, 0.25) is 5.91 Å². The van der Waals surface area contributed by atoms with Gasteiger partial charge in [-0.15, -0.1) is 12.4 Å². The number of nitrogens with two attached hydrogens (primary N) is 1. The van der Waals surface area contributed by atoms with Crippen LogP contribution in [0.15, 0.2) is 0 Å². The van der Waals surface area contributed by atoms with E-state index in [0.717, 1.165) is 32.5 Å². The molecule has 1 heterocycles.